The van der Waals surface area contributed by atoms with Gasteiger partial charge >= 0.3 is 0 Å². The van der Waals surface area contributed by atoms with Crippen molar-refractivity contribution in [2.45, 2.75) is 0 Å². The Morgan fingerprint density at radius 2 is 0.766 bits per heavy atom. The standard InChI is InChI=1S/C62H41NS/c1-2-14-48-41-51(31-28-42(48)12-1)56-19-5-7-24-60(56)63(52-36-32-44(33-37-52)43-26-29-47(30-27-43)55-21-10-15-46-13-3-4-18-54(46)55)53-38-34-45(35-39-53)49-16-9-17-50(40-49)57-22-11-23-59-58-20-6-8-25-61(58)64-62(57)59/h1-41H. The molecule has 1 heterocycles. The number of thiophene rings is 1. The maximum Gasteiger partial charge on any atom is 0.0540 e. The number of benzene rings is 11. The van der Waals surface area contributed by atoms with Crippen molar-refractivity contribution in [3.05, 3.63) is 249 Å². The van der Waals surface area contributed by atoms with Crippen LogP contribution in [0.1, 0.15) is 0 Å². The first-order valence-corrected chi connectivity index (χ1v) is 22.7. The molecule has 0 unspecified atom stereocenters. The Balaban J connectivity index is 0.916. The summed E-state index contributed by atoms with van der Waals surface area (Å²) in [4.78, 5) is 2.40. The van der Waals surface area contributed by atoms with Crippen LogP contribution in [0.3, 0.4) is 0 Å². The van der Waals surface area contributed by atoms with E-state index in [1.807, 2.05) is 11.3 Å². The summed E-state index contributed by atoms with van der Waals surface area (Å²) in [6, 6.07) is 90.9. The molecule has 0 amide bonds. The Hall–Kier alpha value is -8.04. The third kappa shape index (κ3) is 6.82. The lowest BCUT2D eigenvalue weighted by atomic mass is 9.96. The lowest BCUT2D eigenvalue weighted by Crippen LogP contribution is -2.11. The van der Waals surface area contributed by atoms with Crippen molar-refractivity contribution in [3.63, 3.8) is 0 Å². The van der Waals surface area contributed by atoms with Crippen LogP contribution in [-0.2, 0) is 0 Å². The number of nitrogens with zero attached hydrogens (tertiary/aromatic N) is 1. The van der Waals surface area contributed by atoms with E-state index in [2.05, 4.69) is 254 Å². The lowest BCUT2D eigenvalue weighted by molar-refractivity contribution is 1.28. The van der Waals surface area contributed by atoms with E-state index in [1.165, 1.54) is 97.4 Å². The minimum absolute atomic E-state index is 1.09. The molecule has 0 atom stereocenters. The predicted octanol–water partition coefficient (Wildman–Crippen LogP) is 18.2. The summed E-state index contributed by atoms with van der Waals surface area (Å²) in [6.45, 7) is 0. The van der Waals surface area contributed by atoms with Crippen LogP contribution in [0.5, 0.6) is 0 Å². The first-order chi connectivity index (χ1) is 31.7. The van der Waals surface area contributed by atoms with Gasteiger partial charge in [-0.15, -0.1) is 11.3 Å². The van der Waals surface area contributed by atoms with Crippen molar-refractivity contribution >= 4 is 70.1 Å². The molecule has 0 radical (unpaired) electrons. The van der Waals surface area contributed by atoms with Crippen LogP contribution < -0.4 is 4.90 Å². The number of fused-ring (bicyclic) bond motifs is 5. The summed E-state index contributed by atoms with van der Waals surface area (Å²) < 4.78 is 2.66. The molecule has 64 heavy (non-hydrogen) atoms. The molecule has 12 aromatic rings. The second kappa shape index (κ2) is 16.0. The van der Waals surface area contributed by atoms with Crippen molar-refractivity contribution in [1.29, 1.82) is 0 Å². The fourth-order valence-corrected chi connectivity index (χ4v) is 10.7. The maximum atomic E-state index is 2.40. The number of para-hydroxylation sites is 1. The van der Waals surface area contributed by atoms with Crippen LogP contribution >= 0.6 is 11.3 Å². The molecule has 0 saturated carbocycles. The molecule has 0 aliphatic carbocycles. The Labute approximate surface area is 377 Å². The zero-order valence-electron chi connectivity index (χ0n) is 35.0. The van der Waals surface area contributed by atoms with Gasteiger partial charge in [0.15, 0.2) is 0 Å². The third-order valence-electron chi connectivity index (χ3n) is 12.7. The second-order valence-electron chi connectivity index (χ2n) is 16.5. The van der Waals surface area contributed by atoms with E-state index >= 15 is 0 Å². The Morgan fingerprint density at radius 3 is 1.56 bits per heavy atom. The van der Waals surface area contributed by atoms with E-state index in [4.69, 9.17) is 0 Å². The van der Waals surface area contributed by atoms with E-state index in [0.717, 1.165) is 17.1 Å². The van der Waals surface area contributed by atoms with Gasteiger partial charge in [0.2, 0.25) is 0 Å². The first kappa shape index (κ1) is 37.7. The summed E-state index contributed by atoms with van der Waals surface area (Å²) in [7, 11) is 0. The van der Waals surface area contributed by atoms with E-state index < -0.39 is 0 Å². The van der Waals surface area contributed by atoms with Crippen LogP contribution in [0.2, 0.25) is 0 Å². The van der Waals surface area contributed by atoms with E-state index in [-0.39, 0.29) is 0 Å². The molecule has 2 heteroatoms. The third-order valence-corrected chi connectivity index (χ3v) is 13.9. The summed E-state index contributed by atoms with van der Waals surface area (Å²) in [5.41, 5.74) is 15.4. The summed E-state index contributed by atoms with van der Waals surface area (Å²) >= 11 is 1.88. The summed E-state index contributed by atoms with van der Waals surface area (Å²) in [5.74, 6) is 0. The molecule has 12 rings (SSSR count). The van der Waals surface area contributed by atoms with Crippen molar-refractivity contribution in [3.8, 4) is 55.6 Å². The fraction of sp³-hybridized carbons (Fsp3) is 0. The zero-order valence-corrected chi connectivity index (χ0v) is 35.8. The molecule has 0 aliphatic heterocycles. The van der Waals surface area contributed by atoms with Crippen molar-refractivity contribution < 1.29 is 0 Å². The van der Waals surface area contributed by atoms with Gasteiger partial charge in [0.25, 0.3) is 0 Å². The Kier molecular flexibility index (Phi) is 9.43. The average molecular weight is 832 g/mol. The molecular weight excluding hydrogens is 791 g/mol. The maximum absolute atomic E-state index is 2.40. The molecule has 0 aliphatic rings. The molecule has 300 valence electrons. The van der Waals surface area contributed by atoms with Crippen LogP contribution in [-0.4, -0.2) is 0 Å². The minimum atomic E-state index is 1.09. The van der Waals surface area contributed by atoms with Crippen LogP contribution in [0.4, 0.5) is 17.1 Å². The van der Waals surface area contributed by atoms with Gasteiger partial charge in [0, 0.05) is 37.1 Å². The van der Waals surface area contributed by atoms with Crippen LogP contribution in [0.15, 0.2) is 249 Å². The molecule has 11 aromatic carbocycles. The van der Waals surface area contributed by atoms with Crippen molar-refractivity contribution in [2.24, 2.45) is 0 Å². The molecule has 0 saturated heterocycles. The first-order valence-electron chi connectivity index (χ1n) is 21.9. The fourth-order valence-electron chi connectivity index (χ4n) is 9.46. The summed E-state index contributed by atoms with van der Waals surface area (Å²) in [5, 5.41) is 7.64. The normalized spacial score (nSPS) is 11.4. The number of hydrogen-bond acceptors (Lipinski definition) is 2. The highest BCUT2D eigenvalue weighted by atomic mass is 32.1. The lowest BCUT2D eigenvalue weighted by Gasteiger charge is -2.28. The zero-order chi connectivity index (χ0) is 42.4. The Bertz CT molecular complexity index is 3650. The number of rotatable bonds is 8. The highest BCUT2D eigenvalue weighted by Gasteiger charge is 2.19. The highest BCUT2D eigenvalue weighted by Crippen LogP contribution is 2.44. The topological polar surface area (TPSA) is 3.24 Å². The van der Waals surface area contributed by atoms with Gasteiger partial charge in [-0.25, -0.2) is 0 Å². The second-order valence-corrected chi connectivity index (χ2v) is 17.5. The van der Waals surface area contributed by atoms with Gasteiger partial charge in [0.05, 0.1) is 5.69 Å². The van der Waals surface area contributed by atoms with Crippen LogP contribution in [0, 0.1) is 0 Å². The molecule has 0 N–H and O–H groups in total. The SMILES string of the molecule is c1cc(-c2ccc(N(c3ccc(-c4ccc(-c5cccc6ccccc56)cc4)cc3)c3ccccc3-c3ccc4ccccc4c3)cc2)cc(-c2cccc3c2sc2ccccc23)c1. The van der Waals surface area contributed by atoms with Crippen molar-refractivity contribution in [2.75, 3.05) is 4.90 Å². The minimum Gasteiger partial charge on any atom is -0.310 e. The molecule has 0 bridgehead atoms. The molecule has 0 spiro atoms. The number of anilines is 3. The number of hydrogen-bond donors (Lipinski definition) is 0. The van der Waals surface area contributed by atoms with Gasteiger partial charge in [-0.1, -0.05) is 200 Å². The monoisotopic (exact) mass is 831 g/mol. The summed E-state index contributed by atoms with van der Waals surface area (Å²) in [6.07, 6.45) is 0. The molecule has 0 fully saturated rings. The predicted molar refractivity (Wildman–Crippen MR) is 276 cm³/mol. The van der Waals surface area contributed by atoms with Crippen molar-refractivity contribution in [1.82, 2.24) is 0 Å². The van der Waals surface area contributed by atoms with Gasteiger partial charge in [0.1, 0.15) is 0 Å². The van der Waals surface area contributed by atoms with Gasteiger partial charge in [-0.2, -0.15) is 0 Å². The van der Waals surface area contributed by atoms with Gasteiger partial charge in [-0.3, -0.25) is 0 Å². The van der Waals surface area contributed by atoms with E-state index in [9.17, 15) is 0 Å². The molecular formula is C62H41NS. The van der Waals surface area contributed by atoms with E-state index in [1.54, 1.807) is 0 Å². The Morgan fingerprint density at radius 1 is 0.266 bits per heavy atom. The largest absolute Gasteiger partial charge is 0.310 e. The molecule has 1 aromatic heterocycles. The van der Waals surface area contributed by atoms with Gasteiger partial charge in [-0.05, 0) is 120 Å². The highest BCUT2D eigenvalue weighted by molar-refractivity contribution is 7.26. The van der Waals surface area contributed by atoms with E-state index in [0.29, 0.717) is 0 Å². The smallest absolute Gasteiger partial charge is 0.0540 e. The molecule has 1 nitrogen and oxygen atoms in total. The average Bonchev–Trinajstić information content (AvgIpc) is 3.76. The van der Waals surface area contributed by atoms with Gasteiger partial charge < -0.3 is 4.90 Å². The van der Waals surface area contributed by atoms with Crippen LogP contribution in [0.25, 0.3) is 97.4 Å². The quantitative estimate of drug-likeness (QED) is 0.147.